The number of para-hydroxylation sites is 1. The molecule has 2 aromatic rings. The number of rotatable bonds is 4. The van der Waals surface area contributed by atoms with Crippen molar-refractivity contribution in [1.82, 2.24) is 15.2 Å². The highest BCUT2D eigenvalue weighted by atomic mass is 16.2. The monoisotopic (exact) mass is 299 g/mol. The van der Waals surface area contributed by atoms with Crippen molar-refractivity contribution < 1.29 is 9.59 Å². The Balaban J connectivity index is 1.83. The normalized spacial score (nSPS) is 16.0. The molecule has 2 amide bonds. The average Bonchev–Trinajstić information content (AvgIpc) is 3.15. The Morgan fingerprint density at radius 3 is 2.73 bits per heavy atom. The predicted molar refractivity (Wildman–Crippen MR) is 85.4 cm³/mol. The Bertz CT molecular complexity index is 686. The molecule has 2 N–H and O–H groups in total. The van der Waals surface area contributed by atoms with E-state index in [9.17, 15) is 9.59 Å². The van der Waals surface area contributed by atoms with Crippen LogP contribution in [0.1, 0.15) is 25.3 Å². The first-order valence-corrected chi connectivity index (χ1v) is 7.76. The van der Waals surface area contributed by atoms with Gasteiger partial charge < -0.3 is 15.2 Å². The number of amides is 2. The SMILES string of the molecule is CC(=O)N[C@@H](Cc1c[nH]c2ccccc12)C(=O)N1CCCC1. The van der Waals surface area contributed by atoms with Crippen molar-refractivity contribution in [2.75, 3.05) is 13.1 Å². The number of H-pyrrole nitrogens is 1. The van der Waals surface area contributed by atoms with E-state index in [4.69, 9.17) is 0 Å². The van der Waals surface area contributed by atoms with Gasteiger partial charge in [-0.2, -0.15) is 0 Å². The fraction of sp³-hybridized carbons (Fsp3) is 0.412. The van der Waals surface area contributed by atoms with Gasteiger partial charge in [0.2, 0.25) is 11.8 Å². The van der Waals surface area contributed by atoms with E-state index in [0.717, 1.165) is 42.4 Å². The molecule has 0 aliphatic carbocycles. The quantitative estimate of drug-likeness (QED) is 0.904. The summed E-state index contributed by atoms with van der Waals surface area (Å²) in [4.78, 5) is 29.2. The van der Waals surface area contributed by atoms with E-state index >= 15 is 0 Å². The predicted octanol–water partition coefficient (Wildman–Crippen LogP) is 1.84. The molecule has 116 valence electrons. The molecule has 1 aromatic heterocycles. The summed E-state index contributed by atoms with van der Waals surface area (Å²) in [5.41, 5.74) is 2.11. The number of hydrogen-bond acceptors (Lipinski definition) is 2. The van der Waals surface area contributed by atoms with Crippen LogP contribution in [0.25, 0.3) is 10.9 Å². The van der Waals surface area contributed by atoms with E-state index < -0.39 is 6.04 Å². The van der Waals surface area contributed by atoms with Gasteiger partial charge in [-0.3, -0.25) is 9.59 Å². The molecule has 3 rings (SSSR count). The molecule has 1 fully saturated rings. The van der Waals surface area contributed by atoms with Crippen molar-refractivity contribution >= 4 is 22.7 Å². The van der Waals surface area contributed by atoms with Crippen molar-refractivity contribution in [2.24, 2.45) is 0 Å². The zero-order chi connectivity index (χ0) is 15.5. The molecule has 2 heterocycles. The number of hydrogen-bond donors (Lipinski definition) is 2. The maximum atomic E-state index is 12.6. The van der Waals surface area contributed by atoms with E-state index in [1.54, 1.807) is 0 Å². The van der Waals surface area contributed by atoms with Crippen LogP contribution in [0.4, 0.5) is 0 Å². The van der Waals surface area contributed by atoms with Gasteiger partial charge in [-0.1, -0.05) is 18.2 Å². The van der Waals surface area contributed by atoms with E-state index in [-0.39, 0.29) is 11.8 Å². The zero-order valence-corrected chi connectivity index (χ0v) is 12.8. The van der Waals surface area contributed by atoms with Crippen LogP contribution in [0.15, 0.2) is 30.5 Å². The van der Waals surface area contributed by atoms with Crippen LogP contribution in [0.2, 0.25) is 0 Å². The number of nitrogens with zero attached hydrogens (tertiary/aromatic N) is 1. The molecule has 1 saturated heterocycles. The summed E-state index contributed by atoms with van der Waals surface area (Å²) >= 11 is 0. The number of fused-ring (bicyclic) bond motifs is 1. The second-order valence-electron chi connectivity index (χ2n) is 5.85. The number of nitrogens with one attached hydrogen (secondary N) is 2. The highest BCUT2D eigenvalue weighted by molar-refractivity contribution is 5.89. The summed E-state index contributed by atoms with van der Waals surface area (Å²) in [6.45, 7) is 3.05. The summed E-state index contributed by atoms with van der Waals surface area (Å²) < 4.78 is 0. The molecular weight excluding hydrogens is 278 g/mol. The summed E-state index contributed by atoms with van der Waals surface area (Å²) in [6, 6.07) is 7.51. The molecule has 0 bridgehead atoms. The lowest BCUT2D eigenvalue weighted by atomic mass is 10.0. The van der Waals surface area contributed by atoms with Gasteiger partial charge in [0.1, 0.15) is 6.04 Å². The zero-order valence-electron chi connectivity index (χ0n) is 12.8. The van der Waals surface area contributed by atoms with Crippen LogP contribution >= 0.6 is 0 Å². The summed E-state index contributed by atoms with van der Waals surface area (Å²) in [6.07, 6.45) is 4.53. The third-order valence-electron chi connectivity index (χ3n) is 4.19. The fourth-order valence-electron chi connectivity index (χ4n) is 3.12. The Morgan fingerprint density at radius 1 is 1.27 bits per heavy atom. The Morgan fingerprint density at radius 2 is 2.00 bits per heavy atom. The number of carbonyl (C=O) groups is 2. The van der Waals surface area contributed by atoms with Gasteiger partial charge in [0, 0.05) is 43.5 Å². The van der Waals surface area contributed by atoms with E-state index in [2.05, 4.69) is 10.3 Å². The first-order valence-electron chi connectivity index (χ1n) is 7.76. The number of aromatic amines is 1. The molecule has 0 radical (unpaired) electrons. The lowest BCUT2D eigenvalue weighted by Gasteiger charge is -2.23. The van der Waals surface area contributed by atoms with Gasteiger partial charge in [-0.25, -0.2) is 0 Å². The molecule has 0 saturated carbocycles. The minimum absolute atomic E-state index is 0.0259. The molecule has 0 unspecified atom stereocenters. The van der Waals surface area contributed by atoms with E-state index in [0.29, 0.717) is 6.42 Å². The standard InChI is InChI=1S/C17H21N3O2/c1-12(21)19-16(17(22)20-8-4-5-9-20)10-13-11-18-15-7-3-2-6-14(13)15/h2-3,6-7,11,16,18H,4-5,8-10H2,1H3,(H,19,21)/t16-/m0/s1. The molecule has 1 aromatic carbocycles. The van der Waals surface area contributed by atoms with Gasteiger partial charge >= 0.3 is 0 Å². The Kier molecular flexibility index (Phi) is 4.13. The molecular formula is C17H21N3O2. The minimum atomic E-state index is -0.491. The highest BCUT2D eigenvalue weighted by Gasteiger charge is 2.27. The lowest BCUT2D eigenvalue weighted by molar-refractivity contribution is -0.135. The third-order valence-corrected chi connectivity index (χ3v) is 4.19. The first kappa shape index (κ1) is 14.6. The van der Waals surface area contributed by atoms with Crippen LogP contribution < -0.4 is 5.32 Å². The van der Waals surface area contributed by atoms with Gasteiger partial charge in [-0.05, 0) is 24.5 Å². The minimum Gasteiger partial charge on any atom is -0.361 e. The topological polar surface area (TPSA) is 65.2 Å². The maximum absolute atomic E-state index is 12.6. The molecule has 1 aliphatic rings. The van der Waals surface area contributed by atoms with Gasteiger partial charge in [0.05, 0.1) is 0 Å². The molecule has 0 spiro atoms. The number of likely N-dealkylation sites (tertiary alicyclic amines) is 1. The molecule has 1 atom stereocenters. The van der Waals surface area contributed by atoms with Crippen LogP contribution in [-0.2, 0) is 16.0 Å². The fourth-order valence-corrected chi connectivity index (χ4v) is 3.12. The molecule has 22 heavy (non-hydrogen) atoms. The maximum Gasteiger partial charge on any atom is 0.245 e. The van der Waals surface area contributed by atoms with Crippen molar-refractivity contribution in [3.63, 3.8) is 0 Å². The summed E-state index contributed by atoms with van der Waals surface area (Å²) in [5, 5.41) is 3.92. The van der Waals surface area contributed by atoms with E-state index in [1.165, 1.54) is 6.92 Å². The largest absolute Gasteiger partial charge is 0.361 e. The third kappa shape index (κ3) is 2.98. The van der Waals surface area contributed by atoms with Gasteiger partial charge in [0.15, 0.2) is 0 Å². The highest BCUT2D eigenvalue weighted by Crippen LogP contribution is 2.20. The number of benzene rings is 1. The second kappa shape index (κ2) is 6.22. The molecule has 5 heteroatoms. The van der Waals surface area contributed by atoms with Crippen LogP contribution in [0, 0.1) is 0 Å². The van der Waals surface area contributed by atoms with Gasteiger partial charge in [-0.15, -0.1) is 0 Å². The van der Waals surface area contributed by atoms with Crippen molar-refractivity contribution in [3.05, 3.63) is 36.0 Å². The van der Waals surface area contributed by atoms with E-state index in [1.807, 2.05) is 35.4 Å². The Hall–Kier alpha value is -2.30. The van der Waals surface area contributed by atoms with Crippen LogP contribution in [0.3, 0.4) is 0 Å². The summed E-state index contributed by atoms with van der Waals surface area (Å²) in [5.74, 6) is -0.143. The number of aromatic nitrogens is 1. The molecule has 5 nitrogen and oxygen atoms in total. The average molecular weight is 299 g/mol. The number of carbonyl (C=O) groups excluding carboxylic acids is 2. The first-order chi connectivity index (χ1) is 10.6. The summed E-state index contributed by atoms with van der Waals surface area (Å²) in [7, 11) is 0. The van der Waals surface area contributed by atoms with Crippen molar-refractivity contribution in [2.45, 2.75) is 32.2 Å². The van der Waals surface area contributed by atoms with Crippen LogP contribution in [0.5, 0.6) is 0 Å². The van der Waals surface area contributed by atoms with Crippen molar-refractivity contribution in [3.8, 4) is 0 Å². The second-order valence-corrected chi connectivity index (χ2v) is 5.85. The smallest absolute Gasteiger partial charge is 0.245 e. The Labute approximate surface area is 129 Å². The molecule has 1 aliphatic heterocycles. The van der Waals surface area contributed by atoms with Crippen molar-refractivity contribution in [1.29, 1.82) is 0 Å². The van der Waals surface area contributed by atoms with Gasteiger partial charge in [0.25, 0.3) is 0 Å². The van der Waals surface area contributed by atoms with Crippen LogP contribution in [-0.4, -0.2) is 40.8 Å². The lowest BCUT2D eigenvalue weighted by Crippen LogP contribution is -2.48.